The average molecular weight is 286 g/mol. The lowest BCUT2D eigenvalue weighted by Crippen LogP contribution is -2.06. The van der Waals surface area contributed by atoms with Crippen molar-refractivity contribution in [1.29, 1.82) is 0 Å². The molecule has 0 aliphatic heterocycles. The number of Topliss-reactive ketones (excluding diaryl/α,β-unsaturated/α-hetero) is 2. The molecular formula is C14H22O6. The van der Waals surface area contributed by atoms with Crippen molar-refractivity contribution in [2.75, 3.05) is 0 Å². The molecule has 0 spiro atoms. The largest absolute Gasteiger partial charge is 0.481 e. The number of carbonyl (C=O) groups is 4. The van der Waals surface area contributed by atoms with Gasteiger partial charge in [0.15, 0.2) is 0 Å². The molecule has 0 aromatic heterocycles. The number of hydrogen-bond donors (Lipinski definition) is 2. The minimum atomic E-state index is -1.08. The summed E-state index contributed by atoms with van der Waals surface area (Å²) in [6.07, 6.45) is 4.84. The summed E-state index contributed by atoms with van der Waals surface area (Å²) in [6.45, 7) is 0. The SMILES string of the molecule is O=C(O)CC(=O)CCCCCCCCC(=O)CC(=O)O. The fourth-order valence-electron chi connectivity index (χ4n) is 1.87. The molecular weight excluding hydrogens is 264 g/mol. The van der Waals surface area contributed by atoms with E-state index in [4.69, 9.17) is 10.2 Å². The standard InChI is InChI=1S/C14H22O6/c15-11(9-13(17)18)7-5-3-1-2-4-6-8-12(16)10-14(19)20/h1-10H2,(H,17,18)(H,19,20). The Balaban J connectivity index is 3.33. The second kappa shape index (κ2) is 11.1. The van der Waals surface area contributed by atoms with Crippen LogP contribution in [0, 0.1) is 0 Å². The zero-order valence-corrected chi connectivity index (χ0v) is 11.6. The number of hydrogen-bond acceptors (Lipinski definition) is 4. The van der Waals surface area contributed by atoms with E-state index in [-0.39, 0.29) is 11.6 Å². The van der Waals surface area contributed by atoms with E-state index in [0.29, 0.717) is 25.7 Å². The number of rotatable bonds is 13. The zero-order valence-electron chi connectivity index (χ0n) is 11.6. The summed E-state index contributed by atoms with van der Waals surface area (Å²) in [5, 5.41) is 16.8. The topological polar surface area (TPSA) is 109 Å². The van der Waals surface area contributed by atoms with Gasteiger partial charge in [-0.2, -0.15) is 0 Å². The molecule has 2 N–H and O–H groups in total. The van der Waals surface area contributed by atoms with Gasteiger partial charge in [0.1, 0.15) is 24.4 Å². The highest BCUT2D eigenvalue weighted by atomic mass is 16.4. The lowest BCUT2D eigenvalue weighted by atomic mass is 10.0. The predicted molar refractivity (Wildman–Crippen MR) is 71.5 cm³/mol. The van der Waals surface area contributed by atoms with Gasteiger partial charge < -0.3 is 10.2 Å². The molecule has 0 saturated carbocycles. The molecule has 0 atom stereocenters. The van der Waals surface area contributed by atoms with Gasteiger partial charge >= 0.3 is 11.9 Å². The van der Waals surface area contributed by atoms with Gasteiger partial charge in [0.05, 0.1) is 0 Å². The van der Waals surface area contributed by atoms with Crippen LogP contribution in [0.4, 0.5) is 0 Å². The van der Waals surface area contributed by atoms with Crippen LogP contribution in [0.25, 0.3) is 0 Å². The summed E-state index contributed by atoms with van der Waals surface area (Å²) in [6, 6.07) is 0. The molecule has 6 heteroatoms. The van der Waals surface area contributed by atoms with Crippen LogP contribution in [-0.2, 0) is 19.2 Å². The predicted octanol–water partition coefficient (Wildman–Crippen LogP) is 2.19. The van der Waals surface area contributed by atoms with E-state index in [2.05, 4.69) is 0 Å². The second-order valence-electron chi connectivity index (χ2n) is 4.84. The molecule has 0 aromatic carbocycles. The number of unbranched alkanes of at least 4 members (excludes halogenated alkanes) is 5. The fraction of sp³-hybridized carbons (Fsp3) is 0.714. The van der Waals surface area contributed by atoms with E-state index in [9.17, 15) is 19.2 Å². The van der Waals surface area contributed by atoms with Crippen molar-refractivity contribution >= 4 is 23.5 Å². The van der Waals surface area contributed by atoms with Crippen LogP contribution < -0.4 is 0 Å². The highest BCUT2D eigenvalue weighted by molar-refractivity contribution is 5.95. The summed E-state index contributed by atoms with van der Waals surface area (Å²) < 4.78 is 0. The van der Waals surface area contributed by atoms with Crippen molar-refractivity contribution in [2.45, 2.75) is 64.2 Å². The Labute approximate surface area is 118 Å². The number of carboxylic acid groups (broad SMARTS) is 2. The number of aliphatic carboxylic acids is 2. The van der Waals surface area contributed by atoms with Gasteiger partial charge in [-0.25, -0.2) is 0 Å². The lowest BCUT2D eigenvalue weighted by Gasteiger charge is -2.01. The van der Waals surface area contributed by atoms with E-state index in [1.807, 2.05) is 0 Å². The van der Waals surface area contributed by atoms with E-state index in [0.717, 1.165) is 25.7 Å². The van der Waals surface area contributed by atoms with Gasteiger partial charge in [0.25, 0.3) is 0 Å². The lowest BCUT2D eigenvalue weighted by molar-refractivity contribution is -0.142. The Morgan fingerprint density at radius 1 is 0.550 bits per heavy atom. The average Bonchev–Trinajstić information content (AvgIpc) is 2.30. The third-order valence-corrected chi connectivity index (χ3v) is 2.86. The molecule has 0 unspecified atom stereocenters. The van der Waals surface area contributed by atoms with Crippen molar-refractivity contribution in [3.63, 3.8) is 0 Å². The molecule has 20 heavy (non-hydrogen) atoms. The summed E-state index contributed by atoms with van der Waals surface area (Å²) >= 11 is 0. The van der Waals surface area contributed by atoms with Crippen LogP contribution in [0.5, 0.6) is 0 Å². The molecule has 0 amide bonds. The van der Waals surface area contributed by atoms with Gasteiger partial charge in [-0.3, -0.25) is 19.2 Å². The normalized spacial score (nSPS) is 10.2. The second-order valence-corrected chi connectivity index (χ2v) is 4.84. The van der Waals surface area contributed by atoms with Gasteiger partial charge in [-0.1, -0.05) is 25.7 Å². The molecule has 0 rings (SSSR count). The van der Waals surface area contributed by atoms with Crippen LogP contribution in [0.1, 0.15) is 64.2 Å². The van der Waals surface area contributed by atoms with E-state index < -0.39 is 24.8 Å². The highest BCUT2D eigenvalue weighted by Crippen LogP contribution is 2.10. The maximum absolute atomic E-state index is 11.1. The van der Waals surface area contributed by atoms with Gasteiger partial charge in [-0.05, 0) is 12.8 Å². The van der Waals surface area contributed by atoms with Crippen LogP contribution in [-0.4, -0.2) is 33.7 Å². The Kier molecular flexibility index (Phi) is 10.2. The molecule has 0 radical (unpaired) electrons. The third-order valence-electron chi connectivity index (χ3n) is 2.86. The minimum absolute atomic E-state index is 0.239. The highest BCUT2D eigenvalue weighted by Gasteiger charge is 2.08. The number of ketones is 2. The zero-order chi connectivity index (χ0) is 15.4. The van der Waals surface area contributed by atoms with Crippen molar-refractivity contribution in [3.8, 4) is 0 Å². The van der Waals surface area contributed by atoms with Gasteiger partial charge in [0, 0.05) is 12.8 Å². The summed E-state index contributed by atoms with van der Waals surface area (Å²) in [5.74, 6) is -2.64. The van der Waals surface area contributed by atoms with Crippen LogP contribution in [0.15, 0.2) is 0 Å². The fourth-order valence-corrected chi connectivity index (χ4v) is 1.87. The molecule has 0 heterocycles. The summed E-state index contributed by atoms with van der Waals surface area (Å²) in [4.78, 5) is 42.7. The van der Waals surface area contributed by atoms with E-state index >= 15 is 0 Å². The molecule has 6 nitrogen and oxygen atoms in total. The smallest absolute Gasteiger partial charge is 0.310 e. The number of carboxylic acids is 2. The van der Waals surface area contributed by atoms with Crippen molar-refractivity contribution in [1.82, 2.24) is 0 Å². The Bertz CT molecular complexity index is 314. The van der Waals surface area contributed by atoms with Crippen LogP contribution in [0.3, 0.4) is 0 Å². The Morgan fingerprint density at radius 3 is 1.15 bits per heavy atom. The van der Waals surface area contributed by atoms with Crippen LogP contribution in [0.2, 0.25) is 0 Å². The summed E-state index contributed by atoms with van der Waals surface area (Å²) in [7, 11) is 0. The molecule has 0 aromatic rings. The van der Waals surface area contributed by atoms with Gasteiger partial charge in [0.2, 0.25) is 0 Å². The van der Waals surface area contributed by atoms with Gasteiger partial charge in [-0.15, -0.1) is 0 Å². The Hall–Kier alpha value is -1.72. The first-order chi connectivity index (χ1) is 9.41. The first-order valence-electron chi connectivity index (χ1n) is 6.89. The molecule has 0 bridgehead atoms. The third kappa shape index (κ3) is 12.7. The molecule has 0 saturated heterocycles. The molecule has 0 aliphatic carbocycles. The quantitative estimate of drug-likeness (QED) is 0.397. The first-order valence-corrected chi connectivity index (χ1v) is 6.89. The molecule has 0 aliphatic rings. The van der Waals surface area contributed by atoms with Crippen LogP contribution >= 0.6 is 0 Å². The maximum atomic E-state index is 11.1. The van der Waals surface area contributed by atoms with Crippen molar-refractivity contribution < 1.29 is 29.4 Å². The van der Waals surface area contributed by atoms with E-state index in [1.165, 1.54) is 0 Å². The number of carbonyl (C=O) groups excluding carboxylic acids is 2. The molecule has 0 fully saturated rings. The van der Waals surface area contributed by atoms with Crippen molar-refractivity contribution in [2.24, 2.45) is 0 Å². The van der Waals surface area contributed by atoms with Crippen molar-refractivity contribution in [3.05, 3.63) is 0 Å². The van der Waals surface area contributed by atoms with E-state index in [1.54, 1.807) is 0 Å². The minimum Gasteiger partial charge on any atom is -0.481 e. The maximum Gasteiger partial charge on any atom is 0.310 e. The Morgan fingerprint density at radius 2 is 0.850 bits per heavy atom. The first kappa shape index (κ1) is 18.3. The summed E-state index contributed by atoms with van der Waals surface area (Å²) in [5.41, 5.74) is 0. The molecule has 114 valence electrons. The monoisotopic (exact) mass is 286 g/mol.